The van der Waals surface area contributed by atoms with E-state index in [0.29, 0.717) is 17.7 Å². The summed E-state index contributed by atoms with van der Waals surface area (Å²) in [6.45, 7) is 1.92. The molecule has 0 saturated heterocycles. The molecule has 0 bridgehead atoms. The summed E-state index contributed by atoms with van der Waals surface area (Å²) in [4.78, 5) is 24.9. The molecule has 0 aromatic carbocycles. The quantitative estimate of drug-likeness (QED) is 0.867. The number of nitrogens with one attached hydrogen (secondary N) is 1. The molecule has 2 rings (SSSR count). The van der Waals surface area contributed by atoms with Crippen LogP contribution in [0.5, 0.6) is 0 Å². The van der Waals surface area contributed by atoms with Gasteiger partial charge in [-0.3, -0.25) is 4.79 Å². The van der Waals surface area contributed by atoms with Crippen LogP contribution >= 0.6 is 11.3 Å². The Hall–Kier alpha value is -1.36. The predicted molar refractivity (Wildman–Crippen MR) is 65.4 cm³/mol. The van der Waals surface area contributed by atoms with Crippen LogP contribution in [0.3, 0.4) is 0 Å². The summed E-state index contributed by atoms with van der Waals surface area (Å²) in [5, 5.41) is 11.9. The summed E-state index contributed by atoms with van der Waals surface area (Å²) in [5.74, 6) is -1.19. The van der Waals surface area contributed by atoms with Crippen molar-refractivity contribution in [2.75, 3.05) is 0 Å². The lowest BCUT2D eigenvalue weighted by atomic mass is 9.98. The smallest absolute Gasteiger partial charge is 0.329 e. The molecule has 2 N–H and O–H groups in total. The van der Waals surface area contributed by atoms with E-state index in [2.05, 4.69) is 5.32 Å². The van der Waals surface area contributed by atoms with E-state index in [1.165, 1.54) is 11.3 Å². The van der Waals surface area contributed by atoms with Gasteiger partial charge in [0.15, 0.2) is 0 Å². The van der Waals surface area contributed by atoms with Crippen LogP contribution in [0.25, 0.3) is 0 Å². The molecule has 0 radical (unpaired) electrons. The van der Waals surface area contributed by atoms with Crippen molar-refractivity contribution in [1.82, 2.24) is 5.32 Å². The second-order valence-electron chi connectivity index (χ2n) is 4.46. The van der Waals surface area contributed by atoms with Crippen molar-refractivity contribution >= 4 is 23.2 Å². The number of aryl methyl sites for hydroxylation is 1. The zero-order valence-electron chi connectivity index (χ0n) is 9.66. The third-order valence-corrected chi connectivity index (χ3v) is 4.18. The highest BCUT2D eigenvalue weighted by atomic mass is 32.1. The van der Waals surface area contributed by atoms with Crippen LogP contribution in [-0.4, -0.2) is 22.5 Å². The van der Waals surface area contributed by atoms with Crippen LogP contribution in [0.1, 0.15) is 40.2 Å². The van der Waals surface area contributed by atoms with E-state index in [1.807, 2.05) is 13.0 Å². The molecule has 0 unspecified atom stereocenters. The number of carboxylic acid groups (broad SMARTS) is 1. The Kier molecular flexibility index (Phi) is 3.19. The maximum Gasteiger partial charge on any atom is 0.329 e. The topological polar surface area (TPSA) is 66.4 Å². The van der Waals surface area contributed by atoms with Gasteiger partial charge in [0, 0.05) is 4.88 Å². The molecule has 1 fully saturated rings. The Labute approximate surface area is 104 Å². The molecule has 17 heavy (non-hydrogen) atoms. The number of rotatable bonds is 3. The van der Waals surface area contributed by atoms with Crippen molar-refractivity contribution in [3.05, 3.63) is 21.9 Å². The molecule has 0 spiro atoms. The minimum Gasteiger partial charge on any atom is -0.480 e. The second-order valence-corrected chi connectivity index (χ2v) is 5.75. The minimum atomic E-state index is -1.05. The zero-order chi connectivity index (χ0) is 12.5. The van der Waals surface area contributed by atoms with E-state index >= 15 is 0 Å². The van der Waals surface area contributed by atoms with Gasteiger partial charge in [-0.05, 0) is 31.9 Å². The Bertz CT molecular complexity index is 446. The van der Waals surface area contributed by atoms with Crippen molar-refractivity contribution in [3.63, 3.8) is 0 Å². The monoisotopic (exact) mass is 253 g/mol. The number of amides is 1. The van der Waals surface area contributed by atoms with Gasteiger partial charge in [-0.15, -0.1) is 11.3 Å². The normalized spacial score (nSPS) is 17.9. The van der Waals surface area contributed by atoms with Gasteiger partial charge in [0.1, 0.15) is 5.54 Å². The van der Waals surface area contributed by atoms with E-state index in [1.54, 1.807) is 6.07 Å². The lowest BCUT2D eigenvalue weighted by Crippen LogP contribution is -2.52. The highest BCUT2D eigenvalue weighted by Crippen LogP contribution is 2.30. The van der Waals surface area contributed by atoms with Crippen molar-refractivity contribution in [1.29, 1.82) is 0 Å². The number of hydrogen-bond donors (Lipinski definition) is 2. The molecule has 4 nitrogen and oxygen atoms in total. The van der Waals surface area contributed by atoms with Gasteiger partial charge < -0.3 is 10.4 Å². The lowest BCUT2D eigenvalue weighted by Gasteiger charge is -2.24. The van der Waals surface area contributed by atoms with E-state index in [-0.39, 0.29) is 5.91 Å². The summed E-state index contributed by atoms with van der Waals surface area (Å²) in [6.07, 6.45) is 2.77. The second kappa shape index (κ2) is 4.49. The molecule has 0 aliphatic heterocycles. The van der Waals surface area contributed by atoms with E-state index in [9.17, 15) is 14.7 Å². The maximum absolute atomic E-state index is 12.0. The SMILES string of the molecule is Cc1ccc(C(=O)NC2(C(=O)O)CCCC2)s1. The Morgan fingerprint density at radius 3 is 2.47 bits per heavy atom. The Morgan fingerprint density at radius 2 is 2.00 bits per heavy atom. The van der Waals surface area contributed by atoms with Gasteiger partial charge in [-0.2, -0.15) is 0 Å². The van der Waals surface area contributed by atoms with Crippen LogP contribution < -0.4 is 5.32 Å². The standard InChI is InChI=1S/C12H15NO3S/c1-8-4-5-9(17-8)10(14)13-12(11(15)16)6-2-3-7-12/h4-5H,2-3,6-7H2,1H3,(H,13,14)(H,15,16). The largest absolute Gasteiger partial charge is 0.480 e. The predicted octanol–water partition coefficient (Wildman–Crippen LogP) is 2.18. The number of aliphatic carboxylic acids is 1. The summed E-state index contributed by atoms with van der Waals surface area (Å²) in [6, 6.07) is 3.60. The highest BCUT2D eigenvalue weighted by Gasteiger charge is 2.42. The van der Waals surface area contributed by atoms with Gasteiger partial charge in [0.2, 0.25) is 0 Å². The highest BCUT2D eigenvalue weighted by molar-refractivity contribution is 7.13. The maximum atomic E-state index is 12.0. The molecule has 5 heteroatoms. The molecular weight excluding hydrogens is 238 g/mol. The van der Waals surface area contributed by atoms with Crippen molar-refractivity contribution in [2.24, 2.45) is 0 Å². The average Bonchev–Trinajstić information content (AvgIpc) is 2.87. The van der Waals surface area contributed by atoms with Gasteiger partial charge in [0.05, 0.1) is 4.88 Å². The van der Waals surface area contributed by atoms with Crippen molar-refractivity contribution < 1.29 is 14.7 Å². The van der Waals surface area contributed by atoms with Gasteiger partial charge in [0.25, 0.3) is 5.91 Å². The number of carbonyl (C=O) groups excluding carboxylic acids is 1. The average molecular weight is 253 g/mol. The molecule has 0 atom stereocenters. The first-order chi connectivity index (χ1) is 8.03. The fourth-order valence-electron chi connectivity index (χ4n) is 2.21. The minimum absolute atomic E-state index is 0.271. The first-order valence-corrected chi connectivity index (χ1v) is 6.47. The third-order valence-electron chi connectivity index (χ3n) is 3.18. The fraction of sp³-hybridized carbons (Fsp3) is 0.500. The van der Waals surface area contributed by atoms with Gasteiger partial charge >= 0.3 is 5.97 Å². The van der Waals surface area contributed by atoms with Crippen molar-refractivity contribution in [2.45, 2.75) is 38.1 Å². The summed E-state index contributed by atoms with van der Waals surface area (Å²) < 4.78 is 0. The molecule has 1 aromatic heterocycles. The number of hydrogen-bond acceptors (Lipinski definition) is 3. The van der Waals surface area contributed by atoms with Crippen LogP contribution in [0.15, 0.2) is 12.1 Å². The molecule has 1 aliphatic rings. The molecule has 92 valence electrons. The number of thiophene rings is 1. The van der Waals surface area contributed by atoms with Crippen LogP contribution in [-0.2, 0) is 4.79 Å². The number of carbonyl (C=O) groups is 2. The summed E-state index contributed by atoms with van der Waals surface area (Å²) in [7, 11) is 0. The molecular formula is C12H15NO3S. The zero-order valence-corrected chi connectivity index (χ0v) is 10.5. The first kappa shape index (κ1) is 12.1. The fourth-order valence-corrected chi connectivity index (χ4v) is 2.97. The van der Waals surface area contributed by atoms with Crippen molar-refractivity contribution in [3.8, 4) is 0 Å². The molecule has 1 aliphatic carbocycles. The van der Waals surface area contributed by atoms with Crippen LogP contribution in [0, 0.1) is 6.92 Å². The molecule has 1 aromatic rings. The Balaban J connectivity index is 2.14. The first-order valence-electron chi connectivity index (χ1n) is 5.66. The summed E-state index contributed by atoms with van der Waals surface area (Å²) in [5.41, 5.74) is -1.05. The molecule has 1 heterocycles. The molecule has 1 amide bonds. The van der Waals surface area contributed by atoms with Gasteiger partial charge in [-0.25, -0.2) is 4.79 Å². The summed E-state index contributed by atoms with van der Waals surface area (Å²) >= 11 is 1.38. The Morgan fingerprint density at radius 1 is 1.35 bits per heavy atom. The van der Waals surface area contributed by atoms with Gasteiger partial charge in [-0.1, -0.05) is 12.8 Å². The third kappa shape index (κ3) is 2.34. The van der Waals surface area contributed by atoms with E-state index < -0.39 is 11.5 Å². The lowest BCUT2D eigenvalue weighted by molar-refractivity contribution is -0.144. The van der Waals surface area contributed by atoms with E-state index in [0.717, 1.165) is 17.7 Å². The van der Waals surface area contributed by atoms with Crippen LogP contribution in [0.4, 0.5) is 0 Å². The molecule has 1 saturated carbocycles. The van der Waals surface area contributed by atoms with Crippen LogP contribution in [0.2, 0.25) is 0 Å². The number of carboxylic acids is 1. The van der Waals surface area contributed by atoms with E-state index in [4.69, 9.17) is 0 Å².